The molecule has 0 aliphatic rings. The number of carbonyl (C=O) groups excluding carboxylic acids is 1. The molecule has 0 fully saturated rings. The van der Waals surface area contributed by atoms with E-state index in [1.807, 2.05) is 0 Å². The smallest absolute Gasteiger partial charge is 0.416 e. The third kappa shape index (κ3) is 4.88. The van der Waals surface area contributed by atoms with Crippen molar-refractivity contribution in [2.24, 2.45) is 0 Å². The van der Waals surface area contributed by atoms with Crippen LogP contribution in [0.2, 0.25) is 0 Å². The van der Waals surface area contributed by atoms with E-state index in [0.717, 1.165) is 26.8 Å². The SMILES string of the molecule is COc1ccccc1-n1c(=O)c2cc(C)ccc2n(CC(=O)NCc2cccc(C(F)(F)F)c2)c1=O. The number of nitrogens with zero attached hydrogens (tertiary/aromatic N) is 2. The van der Waals surface area contributed by atoms with Gasteiger partial charge in [0.25, 0.3) is 5.56 Å². The van der Waals surface area contributed by atoms with Gasteiger partial charge in [-0.25, -0.2) is 9.36 Å². The molecule has 4 rings (SSSR count). The number of nitrogens with one attached hydrogen (secondary N) is 1. The van der Waals surface area contributed by atoms with Gasteiger partial charge in [0.1, 0.15) is 12.3 Å². The van der Waals surface area contributed by atoms with Crippen molar-refractivity contribution in [2.75, 3.05) is 7.11 Å². The fraction of sp³-hybridized carbons (Fsp3) is 0.192. The van der Waals surface area contributed by atoms with Crippen molar-refractivity contribution in [2.45, 2.75) is 26.2 Å². The monoisotopic (exact) mass is 497 g/mol. The van der Waals surface area contributed by atoms with Gasteiger partial charge in [-0.1, -0.05) is 35.9 Å². The number of methoxy groups -OCH3 is 1. The zero-order valence-electron chi connectivity index (χ0n) is 19.4. The Balaban J connectivity index is 1.73. The molecule has 1 heterocycles. The molecule has 0 aliphatic heterocycles. The average Bonchev–Trinajstić information content (AvgIpc) is 2.85. The molecule has 0 bridgehead atoms. The number of hydrogen-bond acceptors (Lipinski definition) is 4. The molecule has 0 saturated heterocycles. The molecule has 0 saturated carbocycles. The van der Waals surface area contributed by atoms with Gasteiger partial charge in [0.15, 0.2) is 0 Å². The minimum atomic E-state index is -4.50. The number of rotatable bonds is 6. The van der Waals surface area contributed by atoms with Crippen LogP contribution in [0.3, 0.4) is 0 Å². The summed E-state index contributed by atoms with van der Waals surface area (Å²) in [5.41, 5.74) is -0.627. The summed E-state index contributed by atoms with van der Waals surface area (Å²) in [6.45, 7) is 1.18. The van der Waals surface area contributed by atoms with Crippen molar-refractivity contribution in [1.82, 2.24) is 14.5 Å². The van der Waals surface area contributed by atoms with Crippen LogP contribution in [0.5, 0.6) is 5.75 Å². The van der Waals surface area contributed by atoms with Crippen LogP contribution < -0.4 is 21.3 Å². The Morgan fingerprint density at radius 1 is 1.00 bits per heavy atom. The summed E-state index contributed by atoms with van der Waals surface area (Å²) in [6.07, 6.45) is -4.50. The molecule has 1 amide bonds. The Kier molecular flexibility index (Phi) is 6.69. The van der Waals surface area contributed by atoms with E-state index in [4.69, 9.17) is 4.74 Å². The Bertz CT molecular complexity index is 1570. The van der Waals surface area contributed by atoms with Crippen molar-refractivity contribution in [1.29, 1.82) is 0 Å². The lowest BCUT2D eigenvalue weighted by atomic mass is 10.1. The Hall–Kier alpha value is -4.34. The van der Waals surface area contributed by atoms with Gasteiger partial charge in [-0.3, -0.25) is 14.2 Å². The summed E-state index contributed by atoms with van der Waals surface area (Å²) in [6, 6.07) is 16.0. The van der Waals surface area contributed by atoms with Crippen LogP contribution in [0, 0.1) is 6.92 Å². The summed E-state index contributed by atoms with van der Waals surface area (Å²) in [5, 5.41) is 2.78. The molecule has 7 nitrogen and oxygen atoms in total. The molecule has 0 atom stereocenters. The number of amides is 1. The lowest BCUT2D eigenvalue weighted by Gasteiger charge is -2.16. The first-order valence-corrected chi connectivity index (χ1v) is 10.9. The van der Waals surface area contributed by atoms with Crippen molar-refractivity contribution in [3.63, 3.8) is 0 Å². The summed E-state index contributed by atoms with van der Waals surface area (Å²) in [5.74, 6) is -0.314. The number of alkyl halides is 3. The van der Waals surface area contributed by atoms with Gasteiger partial charge in [0.2, 0.25) is 5.91 Å². The van der Waals surface area contributed by atoms with E-state index in [1.54, 1.807) is 49.4 Å². The molecule has 36 heavy (non-hydrogen) atoms. The summed E-state index contributed by atoms with van der Waals surface area (Å²) in [4.78, 5) is 39.6. The standard InChI is InChI=1S/C26H22F3N3O4/c1-16-10-11-20-19(12-16)24(34)32(21-8-3-4-9-22(21)36-2)25(35)31(20)15-23(33)30-14-17-6-5-7-18(13-17)26(27,28)29/h3-13H,14-15H2,1-2H3,(H,30,33). The Morgan fingerprint density at radius 2 is 1.75 bits per heavy atom. The number of aryl methyl sites for hydroxylation is 1. The zero-order chi connectivity index (χ0) is 26.0. The molecule has 3 aromatic carbocycles. The second-order valence-electron chi connectivity index (χ2n) is 8.18. The molecule has 0 spiro atoms. The number of halogens is 3. The first kappa shape index (κ1) is 24.8. The highest BCUT2D eigenvalue weighted by atomic mass is 19.4. The van der Waals surface area contributed by atoms with Gasteiger partial charge >= 0.3 is 11.9 Å². The number of aromatic nitrogens is 2. The fourth-order valence-corrected chi connectivity index (χ4v) is 3.93. The number of carbonyl (C=O) groups is 1. The maximum atomic E-state index is 13.5. The topological polar surface area (TPSA) is 82.3 Å². The number of para-hydroxylation sites is 2. The van der Waals surface area contributed by atoms with Crippen LogP contribution in [0.15, 0.2) is 76.3 Å². The summed E-state index contributed by atoms with van der Waals surface area (Å²) >= 11 is 0. The van der Waals surface area contributed by atoms with Crippen molar-refractivity contribution in [3.05, 3.63) is 104 Å². The van der Waals surface area contributed by atoms with Crippen molar-refractivity contribution in [3.8, 4) is 11.4 Å². The Labute approximate surface area is 203 Å². The molecule has 10 heteroatoms. The van der Waals surface area contributed by atoms with E-state index in [1.165, 1.54) is 19.2 Å². The molecule has 1 N–H and O–H groups in total. The zero-order valence-corrected chi connectivity index (χ0v) is 19.4. The first-order valence-electron chi connectivity index (χ1n) is 10.9. The highest BCUT2D eigenvalue weighted by Crippen LogP contribution is 2.29. The summed E-state index contributed by atoms with van der Waals surface area (Å²) in [7, 11) is 1.41. The average molecular weight is 497 g/mol. The summed E-state index contributed by atoms with van der Waals surface area (Å²) < 4.78 is 46.4. The number of ether oxygens (including phenoxy) is 1. The third-order valence-corrected chi connectivity index (χ3v) is 5.67. The first-order chi connectivity index (χ1) is 17.1. The number of hydrogen-bond donors (Lipinski definition) is 1. The van der Waals surface area contributed by atoms with Gasteiger partial charge < -0.3 is 10.1 Å². The van der Waals surface area contributed by atoms with Crippen LogP contribution in [-0.4, -0.2) is 22.2 Å². The largest absolute Gasteiger partial charge is 0.495 e. The maximum absolute atomic E-state index is 13.5. The minimum Gasteiger partial charge on any atom is -0.495 e. The van der Waals surface area contributed by atoms with E-state index < -0.39 is 35.4 Å². The van der Waals surface area contributed by atoms with E-state index in [9.17, 15) is 27.6 Å². The van der Waals surface area contributed by atoms with Crippen LogP contribution >= 0.6 is 0 Å². The van der Waals surface area contributed by atoms with Gasteiger partial charge in [-0.15, -0.1) is 0 Å². The molecule has 4 aromatic rings. The highest BCUT2D eigenvalue weighted by Gasteiger charge is 2.30. The van der Waals surface area contributed by atoms with Crippen LogP contribution in [0.1, 0.15) is 16.7 Å². The predicted molar refractivity (Wildman–Crippen MR) is 128 cm³/mol. The minimum absolute atomic E-state index is 0.166. The van der Waals surface area contributed by atoms with E-state index in [-0.39, 0.29) is 28.7 Å². The molecule has 0 aliphatic carbocycles. The molecule has 0 radical (unpaired) electrons. The van der Waals surface area contributed by atoms with Gasteiger partial charge in [-0.05, 0) is 48.9 Å². The van der Waals surface area contributed by atoms with E-state index in [2.05, 4.69) is 5.32 Å². The van der Waals surface area contributed by atoms with E-state index in [0.29, 0.717) is 5.75 Å². The molecule has 1 aromatic heterocycles. The molecule has 0 unspecified atom stereocenters. The number of fused-ring (bicyclic) bond motifs is 1. The highest BCUT2D eigenvalue weighted by molar-refractivity contribution is 5.82. The van der Waals surface area contributed by atoms with Crippen LogP contribution in [0.25, 0.3) is 16.6 Å². The predicted octanol–water partition coefficient (Wildman–Crippen LogP) is 3.80. The van der Waals surface area contributed by atoms with E-state index >= 15 is 0 Å². The van der Waals surface area contributed by atoms with Gasteiger partial charge in [0, 0.05) is 6.54 Å². The van der Waals surface area contributed by atoms with Crippen LogP contribution in [-0.2, 0) is 24.1 Å². The van der Waals surface area contributed by atoms with Crippen molar-refractivity contribution < 1.29 is 22.7 Å². The maximum Gasteiger partial charge on any atom is 0.416 e. The Morgan fingerprint density at radius 3 is 2.47 bits per heavy atom. The van der Waals surface area contributed by atoms with Crippen LogP contribution in [0.4, 0.5) is 13.2 Å². The molecule has 186 valence electrons. The van der Waals surface area contributed by atoms with Gasteiger partial charge in [0.05, 0.1) is 29.3 Å². The second-order valence-corrected chi connectivity index (χ2v) is 8.18. The third-order valence-electron chi connectivity index (χ3n) is 5.67. The lowest BCUT2D eigenvalue weighted by Crippen LogP contribution is -2.42. The van der Waals surface area contributed by atoms with Gasteiger partial charge in [-0.2, -0.15) is 13.2 Å². The number of benzene rings is 3. The second kappa shape index (κ2) is 9.73. The molecular weight excluding hydrogens is 475 g/mol. The fourth-order valence-electron chi connectivity index (χ4n) is 3.93. The van der Waals surface area contributed by atoms with Crippen molar-refractivity contribution >= 4 is 16.8 Å². The molecular formula is C26H22F3N3O4. The lowest BCUT2D eigenvalue weighted by molar-refractivity contribution is -0.137. The quantitative estimate of drug-likeness (QED) is 0.439. The normalized spacial score (nSPS) is 11.5.